The molecule has 2 aliphatic heterocycles. The van der Waals surface area contributed by atoms with Gasteiger partial charge in [-0.3, -0.25) is 4.79 Å². The van der Waals surface area contributed by atoms with Crippen LogP contribution in [-0.2, 0) is 4.79 Å². The number of piperazine rings is 1. The van der Waals surface area contributed by atoms with Gasteiger partial charge in [-0.25, -0.2) is 0 Å². The lowest BCUT2D eigenvalue weighted by Crippen LogP contribution is -2.72. The molecule has 3 atom stereocenters. The number of fused-ring (bicyclic) bond motifs is 1. The van der Waals surface area contributed by atoms with Crippen molar-refractivity contribution in [3.05, 3.63) is 41.5 Å². The minimum Gasteiger partial charge on any atom is -0.394 e. The number of carbonyl (C=O) groups is 1. The zero-order valence-corrected chi connectivity index (χ0v) is 13.4. The average molecular weight is 312 g/mol. The summed E-state index contributed by atoms with van der Waals surface area (Å²) < 4.78 is 0. The van der Waals surface area contributed by atoms with Crippen LogP contribution in [-0.4, -0.2) is 47.7 Å². The van der Waals surface area contributed by atoms with Gasteiger partial charge in [-0.15, -0.1) is 0 Å². The Labute approximate surface area is 137 Å². The molecule has 0 bridgehead atoms. The third-order valence-electron chi connectivity index (χ3n) is 5.61. The van der Waals surface area contributed by atoms with Gasteiger partial charge in [-0.2, -0.15) is 0 Å². The number of amides is 1. The smallest absolute Gasteiger partial charge is 0.237 e. The van der Waals surface area contributed by atoms with Crippen molar-refractivity contribution in [2.45, 2.75) is 43.7 Å². The Morgan fingerprint density at radius 2 is 2.04 bits per heavy atom. The molecule has 0 spiro atoms. The summed E-state index contributed by atoms with van der Waals surface area (Å²) in [5.41, 5.74) is 4.02. The Hall–Kier alpha value is -1.65. The molecule has 4 heteroatoms. The lowest BCUT2D eigenvalue weighted by atomic mass is 9.74. The number of hydrogen-bond donors (Lipinski definition) is 2. The molecule has 0 radical (unpaired) electrons. The Morgan fingerprint density at radius 1 is 1.22 bits per heavy atom. The summed E-state index contributed by atoms with van der Waals surface area (Å²) in [5, 5.41) is 12.9. The minimum absolute atomic E-state index is 0.0415. The summed E-state index contributed by atoms with van der Waals surface area (Å²) in [7, 11) is 0. The minimum atomic E-state index is -0.0608. The summed E-state index contributed by atoms with van der Waals surface area (Å²) in [4.78, 5) is 13.9. The van der Waals surface area contributed by atoms with E-state index in [0.717, 1.165) is 6.54 Å². The second kappa shape index (κ2) is 6.10. The monoisotopic (exact) mass is 312 g/mol. The van der Waals surface area contributed by atoms with Crippen molar-refractivity contribution in [3.63, 3.8) is 0 Å². The summed E-state index contributed by atoms with van der Waals surface area (Å²) in [6.07, 6.45) is 7.33. The SMILES string of the molecule is O=C1CNC[C@H]2[C@@H](c3ccc(C4=CCCCC4)cc3)[C@H](CO)N12. The van der Waals surface area contributed by atoms with Gasteiger partial charge in [0.1, 0.15) is 0 Å². The molecule has 1 aliphatic carbocycles. The molecule has 1 aromatic carbocycles. The molecule has 0 unspecified atom stereocenters. The second-order valence-corrected chi connectivity index (χ2v) is 6.87. The maximum absolute atomic E-state index is 12.0. The molecular formula is C19H24N2O2. The molecule has 2 heterocycles. The predicted molar refractivity (Wildman–Crippen MR) is 90.0 cm³/mol. The van der Waals surface area contributed by atoms with Gasteiger partial charge in [0.15, 0.2) is 0 Å². The molecule has 3 aliphatic rings. The zero-order valence-electron chi connectivity index (χ0n) is 13.4. The molecule has 23 heavy (non-hydrogen) atoms. The highest BCUT2D eigenvalue weighted by atomic mass is 16.3. The lowest BCUT2D eigenvalue weighted by molar-refractivity contribution is -0.153. The Morgan fingerprint density at radius 3 is 2.74 bits per heavy atom. The highest BCUT2D eigenvalue weighted by molar-refractivity contribution is 5.81. The van der Waals surface area contributed by atoms with Crippen molar-refractivity contribution < 1.29 is 9.90 Å². The molecule has 2 N–H and O–H groups in total. The normalized spacial score (nSPS) is 30.5. The largest absolute Gasteiger partial charge is 0.394 e. The molecule has 1 amide bonds. The van der Waals surface area contributed by atoms with E-state index in [1.165, 1.54) is 42.4 Å². The number of allylic oxidation sites excluding steroid dienone is 2. The number of carbonyl (C=O) groups excluding carboxylic acids is 1. The van der Waals surface area contributed by atoms with Crippen LogP contribution >= 0.6 is 0 Å². The van der Waals surface area contributed by atoms with Crippen molar-refractivity contribution in [1.82, 2.24) is 10.2 Å². The molecule has 122 valence electrons. The van der Waals surface area contributed by atoms with E-state index >= 15 is 0 Å². The number of hydrogen-bond acceptors (Lipinski definition) is 3. The van der Waals surface area contributed by atoms with Crippen LogP contribution in [0.2, 0.25) is 0 Å². The van der Waals surface area contributed by atoms with Gasteiger partial charge in [-0.1, -0.05) is 30.3 Å². The first kappa shape index (κ1) is 14.9. The quantitative estimate of drug-likeness (QED) is 0.896. The van der Waals surface area contributed by atoms with Crippen molar-refractivity contribution in [2.24, 2.45) is 0 Å². The molecule has 1 aromatic rings. The van der Waals surface area contributed by atoms with Gasteiger partial charge >= 0.3 is 0 Å². The van der Waals surface area contributed by atoms with Crippen molar-refractivity contribution >= 4 is 11.5 Å². The fourth-order valence-electron chi connectivity index (χ4n) is 4.43. The Bertz CT molecular complexity index is 617. The van der Waals surface area contributed by atoms with Gasteiger partial charge < -0.3 is 15.3 Å². The maximum atomic E-state index is 12.0. The van der Waals surface area contributed by atoms with Crippen molar-refractivity contribution in [2.75, 3.05) is 19.7 Å². The lowest BCUT2D eigenvalue weighted by Gasteiger charge is -2.57. The van der Waals surface area contributed by atoms with E-state index < -0.39 is 0 Å². The first-order chi connectivity index (χ1) is 11.3. The molecule has 4 nitrogen and oxygen atoms in total. The van der Waals surface area contributed by atoms with Crippen LogP contribution in [0.5, 0.6) is 0 Å². The number of nitrogens with zero attached hydrogens (tertiary/aromatic N) is 1. The third-order valence-corrected chi connectivity index (χ3v) is 5.61. The molecular weight excluding hydrogens is 288 g/mol. The summed E-state index contributed by atoms with van der Waals surface area (Å²) >= 11 is 0. The number of nitrogens with one attached hydrogen (secondary N) is 1. The van der Waals surface area contributed by atoms with E-state index in [1.54, 1.807) is 0 Å². The van der Waals surface area contributed by atoms with E-state index in [0.29, 0.717) is 6.54 Å². The van der Waals surface area contributed by atoms with Gasteiger partial charge in [0.25, 0.3) is 0 Å². The second-order valence-electron chi connectivity index (χ2n) is 6.87. The predicted octanol–water partition coefficient (Wildman–Crippen LogP) is 1.90. The summed E-state index contributed by atoms with van der Waals surface area (Å²) in [6, 6.07) is 8.93. The standard InChI is InChI=1S/C19H24N2O2/c22-12-17-19(16-10-20-11-18(23)21(16)17)15-8-6-14(7-9-15)13-4-2-1-3-5-13/h4,6-9,16-17,19-20,22H,1-3,5,10-12H2/t16-,17-,19+/m0/s1. The Kier molecular flexibility index (Phi) is 3.95. The van der Waals surface area contributed by atoms with Crippen LogP contribution in [0.1, 0.15) is 42.7 Å². The van der Waals surface area contributed by atoms with Gasteiger partial charge in [0.05, 0.1) is 25.2 Å². The highest BCUT2D eigenvalue weighted by Crippen LogP contribution is 2.41. The van der Waals surface area contributed by atoms with Crippen LogP contribution in [0.3, 0.4) is 0 Å². The average Bonchev–Trinajstić information content (AvgIpc) is 2.58. The van der Waals surface area contributed by atoms with E-state index in [2.05, 4.69) is 35.7 Å². The summed E-state index contributed by atoms with van der Waals surface area (Å²) in [6.45, 7) is 1.26. The first-order valence-corrected chi connectivity index (χ1v) is 8.71. The van der Waals surface area contributed by atoms with Crippen LogP contribution in [0.4, 0.5) is 0 Å². The van der Waals surface area contributed by atoms with Gasteiger partial charge in [-0.05, 0) is 42.4 Å². The molecule has 4 rings (SSSR count). The maximum Gasteiger partial charge on any atom is 0.237 e. The fourth-order valence-corrected chi connectivity index (χ4v) is 4.43. The van der Waals surface area contributed by atoms with Crippen molar-refractivity contribution in [3.8, 4) is 0 Å². The number of benzene rings is 1. The van der Waals surface area contributed by atoms with E-state index in [-0.39, 0.29) is 30.5 Å². The van der Waals surface area contributed by atoms with Gasteiger partial charge in [0, 0.05) is 12.5 Å². The van der Waals surface area contributed by atoms with Crippen LogP contribution in [0.25, 0.3) is 5.57 Å². The molecule has 0 saturated carbocycles. The number of aliphatic hydroxyl groups is 1. The Balaban J connectivity index is 1.56. The topological polar surface area (TPSA) is 52.6 Å². The molecule has 2 fully saturated rings. The zero-order chi connectivity index (χ0) is 15.8. The van der Waals surface area contributed by atoms with Crippen LogP contribution in [0, 0.1) is 0 Å². The third kappa shape index (κ3) is 2.50. The van der Waals surface area contributed by atoms with Crippen molar-refractivity contribution in [1.29, 1.82) is 0 Å². The van der Waals surface area contributed by atoms with E-state index in [9.17, 15) is 9.90 Å². The number of rotatable bonds is 3. The van der Waals surface area contributed by atoms with E-state index in [1.807, 2.05) is 4.90 Å². The molecule has 0 aromatic heterocycles. The van der Waals surface area contributed by atoms with E-state index in [4.69, 9.17) is 0 Å². The van der Waals surface area contributed by atoms with Crippen LogP contribution < -0.4 is 5.32 Å². The number of aliphatic hydroxyl groups excluding tert-OH is 1. The van der Waals surface area contributed by atoms with Gasteiger partial charge in [0.2, 0.25) is 5.91 Å². The summed E-state index contributed by atoms with van der Waals surface area (Å²) in [5.74, 6) is 0.353. The first-order valence-electron chi connectivity index (χ1n) is 8.71. The van der Waals surface area contributed by atoms with Crippen LogP contribution in [0.15, 0.2) is 30.3 Å². The highest BCUT2D eigenvalue weighted by Gasteiger charge is 2.52. The molecule has 2 saturated heterocycles. The fraction of sp³-hybridized carbons (Fsp3) is 0.526.